The number of imidazole rings is 1. The second-order valence-electron chi connectivity index (χ2n) is 4.81. The van der Waals surface area contributed by atoms with E-state index in [9.17, 15) is 25.5 Å². The average molecular weight is 298 g/mol. The van der Waals surface area contributed by atoms with E-state index in [1.54, 1.807) is 24.3 Å². The summed E-state index contributed by atoms with van der Waals surface area (Å²) in [6.07, 6.45) is -8.66. The van der Waals surface area contributed by atoms with Crippen LogP contribution < -0.4 is 0 Å². The normalized spacial score (nSPS) is 19.1. The Bertz CT molecular complexity index is 556. The Hall–Kier alpha value is -1.55. The van der Waals surface area contributed by atoms with Gasteiger partial charge in [-0.1, -0.05) is 12.1 Å². The van der Waals surface area contributed by atoms with E-state index in [2.05, 4.69) is 9.97 Å². The number of aliphatic hydroxyl groups excluding tert-OH is 6. The summed E-state index contributed by atoms with van der Waals surface area (Å²) in [5.41, 5.74) is 1.22. The molecule has 0 spiro atoms. The number of para-hydroxylation sites is 2. The van der Waals surface area contributed by atoms with E-state index in [-0.39, 0.29) is 5.82 Å². The second-order valence-corrected chi connectivity index (χ2v) is 4.81. The summed E-state index contributed by atoms with van der Waals surface area (Å²) in [6.45, 7) is -0.786. The molecule has 1 aromatic carbocycles. The molecule has 0 amide bonds. The maximum atomic E-state index is 10.0. The fourth-order valence-electron chi connectivity index (χ4n) is 2.00. The van der Waals surface area contributed by atoms with E-state index in [4.69, 9.17) is 5.11 Å². The number of hydrogen-bond donors (Lipinski definition) is 7. The molecule has 116 valence electrons. The SMILES string of the molecule is OC[C@@H](O)[C@@H](O)[C@@H](O)[C@H](O)[C@H](O)c1nc2ccccc2[nH]1. The monoisotopic (exact) mass is 298 g/mol. The van der Waals surface area contributed by atoms with Gasteiger partial charge in [-0.25, -0.2) is 4.98 Å². The molecule has 0 aliphatic rings. The highest BCUT2D eigenvalue weighted by molar-refractivity contribution is 5.74. The highest BCUT2D eigenvalue weighted by atomic mass is 16.4. The lowest BCUT2D eigenvalue weighted by atomic mass is 9.99. The van der Waals surface area contributed by atoms with Crippen molar-refractivity contribution in [2.24, 2.45) is 0 Å². The minimum atomic E-state index is -1.85. The summed E-state index contributed by atoms with van der Waals surface area (Å²) >= 11 is 0. The summed E-state index contributed by atoms with van der Waals surface area (Å²) in [7, 11) is 0. The maximum Gasteiger partial charge on any atom is 0.140 e. The van der Waals surface area contributed by atoms with Gasteiger partial charge in [-0.05, 0) is 12.1 Å². The summed E-state index contributed by atoms with van der Waals surface area (Å²) < 4.78 is 0. The van der Waals surface area contributed by atoms with Crippen molar-refractivity contribution in [2.45, 2.75) is 30.5 Å². The van der Waals surface area contributed by atoms with E-state index < -0.39 is 37.1 Å². The second kappa shape index (κ2) is 6.48. The quantitative estimate of drug-likeness (QED) is 0.327. The third kappa shape index (κ3) is 3.21. The molecule has 2 aromatic rings. The van der Waals surface area contributed by atoms with Gasteiger partial charge in [0.25, 0.3) is 0 Å². The van der Waals surface area contributed by atoms with Crippen LogP contribution >= 0.6 is 0 Å². The van der Waals surface area contributed by atoms with Crippen molar-refractivity contribution in [1.82, 2.24) is 9.97 Å². The molecule has 0 aliphatic heterocycles. The van der Waals surface area contributed by atoms with E-state index in [1.165, 1.54) is 0 Å². The van der Waals surface area contributed by atoms with Crippen LogP contribution in [0.4, 0.5) is 0 Å². The Kier molecular flexibility index (Phi) is 4.88. The molecule has 0 fully saturated rings. The molecule has 0 bridgehead atoms. The van der Waals surface area contributed by atoms with E-state index in [1.807, 2.05) is 0 Å². The van der Waals surface area contributed by atoms with Gasteiger partial charge in [0.15, 0.2) is 0 Å². The number of nitrogens with one attached hydrogen (secondary N) is 1. The number of aromatic amines is 1. The van der Waals surface area contributed by atoms with Crippen molar-refractivity contribution in [3.63, 3.8) is 0 Å². The molecule has 21 heavy (non-hydrogen) atoms. The molecule has 5 atom stereocenters. The summed E-state index contributed by atoms with van der Waals surface area (Å²) in [5, 5.41) is 57.1. The number of aliphatic hydroxyl groups is 6. The van der Waals surface area contributed by atoms with E-state index in [0.29, 0.717) is 11.0 Å². The van der Waals surface area contributed by atoms with Crippen molar-refractivity contribution in [3.8, 4) is 0 Å². The van der Waals surface area contributed by atoms with E-state index >= 15 is 0 Å². The molecule has 1 heterocycles. The smallest absolute Gasteiger partial charge is 0.140 e. The zero-order valence-electron chi connectivity index (χ0n) is 11.0. The largest absolute Gasteiger partial charge is 0.394 e. The number of hydrogen-bond acceptors (Lipinski definition) is 7. The van der Waals surface area contributed by atoms with E-state index in [0.717, 1.165) is 0 Å². The minimum absolute atomic E-state index is 0.0217. The highest BCUT2D eigenvalue weighted by Crippen LogP contribution is 2.21. The zero-order valence-corrected chi connectivity index (χ0v) is 11.0. The van der Waals surface area contributed by atoms with Crippen molar-refractivity contribution in [3.05, 3.63) is 30.1 Å². The minimum Gasteiger partial charge on any atom is -0.394 e. The van der Waals surface area contributed by atoms with Crippen LogP contribution in [0.2, 0.25) is 0 Å². The van der Waals surface area contributed by atoms with Crippen LogP contribution in [0.25, 0.3) is 11.0 Å². The first kappa shape index (κ1) is 15.8. The third-order valence-corrected chi connectivity index (χ3v) is 3.29. The van der Waals surface area contributed by atoms with Gasteiger partial charge >= 0.3 is 0 Å². The topological polar surface area (TPSA) is 150 Å². The first-order valence-corrected chi connectivity index (χ1v) is 6.41. The highest BCUT2D eigenvalue weighted by Gasteiger charge is 2.35. The average Bonchev–Trinajstić information content (AvgIpc) is 2.95. The molecule has 8 heteroatoms. The predicted molar refractivity (Wildman–Crippen MR) is 72.2 cm³/mol. The van der Waals surface area contributed by atoms with Gasteiger partial charge in [-0.3, -0.25) is 0 Å². The van der Waals surface area contributed by atoms with Gasteiger partial charge in [0, 0.05) is 0 Å². The van der Waals surface area contributed by atoms with Crippen LogP contribution in [0, 0.1) is 0 Å². The fraction of sp³-hybridized carbons (Fsp3) is 0.462. The zero-order chi connectivity index (χ0) is 15.6. The van der Waals surface area contributed by atoms with Crippen LogP contribution in [0.3, 0.4) is 0 Å². The standard InChI is InChI=1S/C13H18N2O6/c16-5-8(17)9(18)10(19)11(20)12(21)13-14-6-3-1-2-4-7(6)15-13/h1-4,8-12,16-21H,5H2,(H,14,15)/t8-,9-,10-,11+,12+/m1/s1. The van der Waals surface area contributed by atoms with Gasteiger partial charge in [-0.2, -0.15) is 0 Å². The first-order chi connectivity index (χ1) is 9.95. The van der Waals surface area contributed by atoms with Crippen LogP contribution in [0.15, 0.2) is 24.3 Å². The van der Waals surface area contributed by atoms with Crippen LogP contribution in [0.1, 0.15) is 11.9 Å². The van der Waals surface area contributed by atoms with Gasteiger partial charge in [-0.15, -0.1) is 0 Å². The Morgan fingerprint density at radius 2 is 1.62 bits per heavy atom. The third-order valence-electron chi connectivity index (χ3n) is 3.29. The number of fused-ring (bicyclic) bond motifs is 1. The predicted octanol–water partition coefficient (Wildman–Crippen LogP) is -1.97. The first-order valence-electron chi connectivity index (χ1n) is 6.41. The van der Waals surface area contributed by atoms with Crippen molar-refractivity contribution >= 4 is 11.0 Å². The molecule has 0 unspecified atom stereocenters. The lowest BCUT2D eigenvalue weighted by Gasteiger charge is -2.27. The maximum absolute atomic E-state index is 10.0. The lowest BCUT2D eigenvalue weighted by Crippen LogP contribution is -2.47. The Morgan fingerprint density at radius 1 is 0.952 bits per heavy atom. The van der Waals surface area contributed by atoms with Crippen LogP contribution in [-0.2, 0) is 0 Å². The number of aromatic nitrogens is 2. The van der Waals surface area contributed by atoms with Crippen LogP contribution in [0.5, 0.6) is 0 Å². The molecule has 0 saturated heterocycles. The molecule has 0 aliphatic carbocycles. The number of benzene rings is 1. The summed E-state index contributed by atoms with van der Waals surface area (Å²) in [4.78, 5) is 6.86. The molecule has 0 radical (unpaired) electrons. The summed E-state index contributed by atoms with van der Waals surface area (Å²) in [5.74, 6) is 0.0217. The van der Waals surface area contributed by atoms with Gasteiger partial charge < -0.3 is 35.6 Å². The van der Waals surface area contributed by atoms with Crippen molar-refractivity contribution in [2.75, 3.05) is 6.61 Å². The van der Waals surface area contributed by atoms with Crippen LogP contribution in [-0.4, -0.2) is 71.6 Å². The number of nitrogens with zero attached hydrogens (tertiary/aromatic N) is 1. The molecule has 8 nitrogen and oxygen atoms in total. The molecular weight excluding hydrogens is 280 g/mol. The van der Waals surface area contributed by atoms with Crippen molar-refractivity contribution in [1.29, 1.82) is 0 Å². The molecule has 7 N–H and O–H groups in total. The van der Waals surface area contributed by atoms with Crippen molar-refractivity contribution < 1.29 is 30.6 Å². The molecule has 1 aromatic heterocycles. The fourth-order valence-corrected chi connectivity index (χ4v) is 2.00. The molecule has 0 saturated carbocycles. The Balaban J connectivity index is 2.16. The number of rotatable bonds is 6. The Morgan fingerprint density at radius 3 is 2.24 bits per heavy atom. The van der Waals surface area contributed by atoms with Gasteiger partial charge in [0.05, 0.1) is 17.6 Å². The Labute approximate surface area is 119 Å². The number of H-pyrrole nitrogens is 1. The molecule has 2 rings (SSSR count). The van der Waals surface area contributed by atoms with Gasteiger partial charge in [0.1, 0.15) is 36.3 Å². The molecular formula is C13H18N2O6. The summed E-state index contributed by atoms with van der Waals surface area (Å²) in [6, 6.07) is 6.95. The lowest BCUT2D eigenvalue weighted by molar-refractivity contribution is -0.142. The van der Waals surface area contributed by atoms with Gasteiger partial charge in [0.2, 0.25) is 0 Å².